The zero-order valence-electron chi connectivity index (χ0n) is 9.41. The molecule has 0 radical (unpaired) electrons. The number of nitrogens with one attached hydrogen (secondary N) is 1. The van der Waals surface area contributed by atoms with Gasteiger partial charge in [-0.25, -0.2) is 0 Å². The average molecular weight is 237 g/mol. The maximum atomic E-state index is 12.3. The molecule has 0 aromatic heterocycles. The van der Waals surface area contributed by atoms with Gasteiger partial charge in [-0.2, -0.15) is 8.78 Å². The van der Waals surface area contributed by atoms with E-state index in [2.05, 4.69) is 10.1 Å². The lowest BCUT2D eigenvalue weighted by Crippen LogP contribution is -2.10. The van der Waals surface area contributed by atoms with Crippen molar-refractivity contribution in [1.82, 2.24) is 5.32 Å². The minimum atomic E-state index is -2.80. The number of fused-ring (bicyclic) bond motifs is 1. The maximum Gasteiger partial charge on any atom is 0.387 e. The standard InChI is InChI=1S/C13H13F2NO/c1-16-8-11-10-5-3-2-4-9(10)6-7-12(11)17-13(14)15/h2-7,13,16H,8H2,1H3. The predicted octanol–water partition coefficient (Wildman–Crippen LogP) is 3.16. The molecule has 0 aliphatic heterocycles. The van der Waals surface area contributed by atoms with E-state index in [1.807, 2.05) is 24.3 Å². The van der Waals surface area contributed by atoms with E-state index in [1.165, 1.54) is 0 Å². The smallest absolute Gasteiger partial charge is 0.387 e. The van der Waals surface area contributed by atoms with Crippen LogP contribution < -0.4 is 10.1 Å². The van der Waals surface area contributed by atoms with Crippen molar-refractivity contribution in [2.24, 2.45) is 0 Å². The van der Waals surface area contributed by atoms with Crippen LogP contribution in [0.3, 0.4) is 0 Å². The van der Waals surface area contributed by atoms with Crippen LogP contribution in [0.5, 0.6) is 5.75 Å². The Labute approximate surface area is 98.2 Å². The average Bonchev–Trinajstić information content (AvgIpc) is 2.32. The van der Waals surface area contributed by atoms with E-state index >= 15 is 0 Å². The summed E-state index contributed by atoms with van der Waals surface area (Å²) in [5, 5.41) is 4.91. The molecule has 17 heavy (non-hydrogen) atoms. The quantitative estimate of drug-likeness (QED) is 0.881. The van der Waals surface area contributed by atoms with Gasteiger partial charge in [0, 0.05) is 12.1 Å². The van der Waals surface area contributed by atoms with Crippen LogP contribution in [0.2, 0.25) is 0 Å². The van der Waals surface area contributed by atoms with Crippen molar-refractivity contribution >= 4 is 10.8 Å². The number of ether oxygens (including phenoxy) is 1. The highest BCUT2D eigenvalue weighted by Gasteiger charge is 2.11. The fourth-order valence-electron chi connectivity index (χ4n) is 1.88. The van der Waals surface area contributed by atoms with Crippen molar-refractivity contribution in [1.29, 1.82) is 0 Å². The number of halogens is 2. The number of hydrogen-bond donors (Lipinski definition) is 1. The van der Waals surface area contributed by atoms with E-state index in [4.69, 9.17) is 0 Å². The summed E-state index contributed by atoms with van der Waals surface area (Å²) in [4.78, 5) is 0. The van der Waals surface area contributed by atoms with Crippen molar-refractivity contribution in [2.75, 3.05) is 7.05 Å². The fraction of sp³-hybridized carbons (Fsp3) is 0.231. The summed E-state index contributed by atoms with van der Waals surface area (Å²) in [5.74, 6) is 0.230. The molecular formula is C13H13F2NO. The Bertz CT molecular complexity index is 514. The third kappa shape index (κ3) is 2.53. The van der Waals surface area contributed by atoms with Gasteiger partial charge in [-0.15, -0.1) is 0 Å². The first-order chi connectivity index (χ1) is 8.22. The molecule has 90 valence electrons. The molecule has 0 saturated carbocycles. The zero-order valence-corrected chi connectivity index (χ0v) is 9.41. The highest BCUT2D eigenvalue weighted by molar-refractivity contribution is 5.87. The van der Waals surface area contributed by atoms with Crippen molar-refractivity contribution in [3.05, 3.63) is 42.0 Å². The zero-order chi connectivity index (χ0) is 12.3. The van der Waals surface area contributed by atoms with Gasteiger partial charge < -0.3 is 10.1 Å². The summed E-state index contributed by atoms with van der Waals surface area (Å²) >= 11 is 0. The van der Waals surface area contributed by atoms with E-state index in [0.29, 0.717) is 6.54 Å². The molecule has 4 heteroatoms. The highest BCUT2D eigenvalue weighted by atomic mass is 19.3. The molecule has 0 aliphatic rings. The number of rotatable bonds is 4. The Hall–Kier alpha value is -1.68. The minimum Gasteiger partial charge on any atom is -0.434 e. The van der Waals surface area contributed by atoms with Gasteiger partial charge in [0.1, 0.15) is 5.75 Å². The van der Waals surface area contributed by atoms with Crippen LogP contribution in [0.15, 0.2) is 36.4 Å². The summed E-state index contributed by atoms with van der Waals surface area (Å²) < 4.78 is 29.1. The topological polar surface area (TPSA) is 21.3 Å². The molecular weight excluding hydrogens is 224 g/mol. The molecule has 0 heterocycles. The first-order valence-electron chi connectivity index (χ1n) is 5.32. The van der Waals surface area contributed by atoms with Crippen molar-refractivity contribution in [3.63, 3.8) is 0 Å². The molecule has 2 rings (SSSR count). The Morgan fingerprint density at radius 2 is 1.94 bits per heavy atom. The minimum absolute atomic E-state index is 0.230. The van der Waals surface area contributed by atoms with Crippen LogP contribution in [-0.2, 0) is 6.54 Å². The van der Waals surface area contributed by atoms with Crippen LogP contribution in [-0.4, -0.2) is 13.7 Å². The van der Waals surface area contributed by atoms with Gasteiger partial charge in [-0.3, -0.25) is 0 Å². The third-order valence-electron chi connectivity index (χ3n) is 2.57. The Morgan fingerprint density at radius 1 is 1.18 bits per heavy atom. The normalized spacial score (nSPS) is 11.1. The van der Waals surface area contributed by atoms with E-state index < -0.39 is 6.61 Å². The SMILES string of the molecule is CNCc1c(OC(F)F)ccc2ccccc12. The van der Waals surface area contributed by atoms with Gasteiger partial charge in [0.2, 0.25) is 0 Å². The van der Waals surface area contributed by atoms with Crippen LogP contribution in [0.25, 0.3) is 10.8 Å². The maximum absolute atomic E-state index is 12.3. The van der Waals surface area contributed by atoms with E-state index in [-0.39, 0.29) is 5.75 Å². The largest absolute Gasteiger partial charge is 0.434 e. The lowest BCUT2D eigenvalue weighted by atomic mass is 10.0. The second kappa shape index (κ2) is 5.10. The number of benzene rings is 2. The second-order valence-electron chi connectivity index (χ2n) is 3.67. The van der Waals surface area contributed by atoms with E-state index in [1.54, 1.807) is 19.2 Å². The molecule has 0 fully saturated rings. The predicted molar refractivity (Wildman–Crippen MR) is 63.3 cm³/mol. The number of alkyl halides is 2. The van der Waals surface area contributed by atoms with Gasteiger partial charge in [0.25, 0.3) is 0 Å². The Balaban J connectivity index is 2.55. The summed E-state index contributed by atoms with van der Waals surface area (Å²) in [7, 11) is 1.77. The number of hydrogen-bond acceptors (Lipinski definition) is 2. The molecule has 2 aromatic rings. The lowest BCUT2D eigenvalue weighted by Gasteiger charge is -2.13. The van der Waals surface area contributed by atoms with Crippen molar-refractivity contribution < 1.29 is 13.5 Å². The Morgan fingerprint density at radius 3 is 2.65 bits per heavy atom. The third-order valence-corrected chi connectivity index (χ3v) is 2.57. The summed E-state index contributed by atoms with van der Waals surface area (Å²) in [6.07, 6.45) is 0. The van der Waals surface area contributed by atoms with Gasteiger partial charge in [0.05, 0.1) is 0 Å². The van der Waals surface area contributed by atoms with Crippen LogP contribution in [0.4, 0.5) is 8.78 Å². The van der Waals surface area contributed by atoms with E-state index in [9.17, 15) is 8.78 Å². The lowest BCUT2D eigenvalue weighted by molar-refractivity contribution is -0.0503. The molecule has 2 nitrogen and oxygen atoms in total. The van der Waals surface area contributed by atoms with Gasteiger partial charge >= 0.3 is 6.61 Å². The molecule has 2 aromatic carbocycles. The molecule has 0 saturated heterocycles. The first-order valence-corrected chi connectivity index (χ1v) is 5.32. The first kappa shape index (κ1) is 11.8. The second-order valence-corrected chi connectivity index (χ2v) is 3.67. The highest BCUT2D eigenvalue weighted by Crippen LogP contribution is 2.29. The monoisotopic (exact) mass is 237 g/mol. The Kier molecular flexibility index (Phi) is 3.54. The molecule has 1 N–H and O–H groups in total. The summed E-state index contributed by atoms with van der Waals surface area (Å²) in [6, 6.07) is 11.0. The van der Waals surface area contributed by atoms with Crippen molar-refractivity contribution in [2.45, 2.75) is 13.2 Å². The van der Waals surface area contributed by atoms with Gasteiger partial charge in [-0.1, -0.05) is 30.3 Å². The molecule has 0 amide bonds. The summed E-state index contributed by atoms with van der Waals surface area (Å²) in [6.45, 7) is -2.31. The van der Waals surface area contributed by atoms with Gasteiger partial charge in [0.15, 0.2) is 0 Å². The van der Waals surface area contributed by atoms with E-state index in [0.717, 1.165) is 16.3 Å². The van der Waals surface area contributed by atoms with Crippen LogP contribution >= 0.6 is 0 Å². The van der Waals surface area contributed by atoms with Crippen LogP contribution in [0.1, 0.15) is 5.56 Å². The molecule has 0 aliphatic carbocycles. The molecule has 0 atom stereocenters. The fourth-order valence-corrected chi connectivity index (χ4v) is 1.88. The molecule has 0 unspecified atom stereocenters. The molecule has 0 bridgehead atoms. The summed E-state index contributed by atoms with van der Waals surface area (Å²) in [5.41, 5.74) is 0.755. The van der Waals surface area contributed by atoms with Crippen LogP contribution in [0, 0.1) is 0 Å². The van der Waals surface area contributed by atoms with Crippen molar-refractivity contribution in [3.8, 4) is 5.75 Å². The van der Waals surface area contributed by atoms with Gasteiger partial charge in [-0.05, 0) is 23.9 Å². The molecule has 0 spiro atoms.